The van der Waals surface area contributed by atoms with Crippen LogP contribution in [0.1, 0.15) is 35.1 Å². The Labute approximate surface area is 107 Å². The van der Waals surface area contributed by atoms with Gasteiger partial charge in [-0.05, 0) is 13.0 Å². The Kier molecular flexibility index (Phi) is 5.08. The molecule has 0 N–H and O–H groups in total. The summed E-state index contributed by atoms with van der Waals surface area (Å²) >= 11 is 11.2. The van der Waals surface area contributed by atoms with Gasteiger partial charge in [0.2, 0.25) is 0 Å². The van der Waals surface area contributed by atoms with Crippen molar-refractivity contribution >= 4 is 29.2 Å². The molecule has 0 radical (unpaired) electrons. The van der Waals surface area contributed by atoms with Gasteiger partial charge in [0, 0.05) is 5.56 Å². The van der Waals surface area contributed by atoms with E-state index >= 15 is 0 Å². The van der Waals surface area contributed by atoms with E-state index in [0.717, 1.165) is 6.07 Å². The molecule has 94 valence electrons. The van der Waals surface area contributed by atoms with Crippen molar-refractivity contribution in [1.29, 1.82) is 0 Å². The van der Waals surface area contributed by atoms with Crippen LogP contribution >= 0.6 is 23.2 Å². The van der Waals surface area contributed by atoms with Gasteiger partial charge in [0.15, 0.2) is 5.69 Å². The second-order valence-corrected chi connectivity index (χ2v) is 3.68. The molecule has 0 spiro atoms. The molecule has 0 aromatic carbocycles. The van der Waals surface area contributed by atoms with Gasteiger partial charge >= 0.3 is 5.97 Å². The summed E-state index contributed by atoms with van der Waals surface area (Å²) in [7, 11) is 0. The predicted molar refractivity (Wildman–Crippen MR) is 59.7 cm³/mol. The molecule has 0 aliphatic heterocycles. The molecule has 1 aromatic rings. The first-order valence-electron chi connectivity index (χ1n) is 4.71. The summed E-state index contributed by atoms with van der Waals surface area (Å²) in [4.78, 5) is 15.1. The fraction of sp³-hybridized carbons (Fsp3) is 0.400. The minimum absolute atomic E-state index is 0.0749. The summed E-state index contributed by atoms with van der Waals surface area (Å²) in [5.74, 6) is -0.992. The largest absolute Gasteiger partial charge is 0.461 e. The van der Waals surface area contributed by atoms with E-state index in [1.165, 1.54) is 0 Å². The molecule has 0 aliphatic carbocycles. The Hall–Kier alpha value is -0.940. The third kappa shape index (κ3) is 3.26. The van der Waals surface area contributed by atoms with Crippen LogP contribution in [0.5, 0.6) is 0 Å². The van der Waals surface area contributed by atoms with Gasteiger partial charge in [-0.25, -0.2) is 18.6 Å². The van der Waals surface area contributed by atoms with Crippen molar-refractivity contribution in [2.24, 2.45) is 0 Å². The smallest absolute Gasteiger partial charge is 0.358 e. The number of ether oxygens (including phenoxy) is 1. The SMILES string of the molecule is CCOC(=O)c1nc(CCl)c(C(F)F)cc1Cl. The zero-order valence-electron chi connectivity index (χ0n) is 8.84. The number of carbonyl (C=O) groups excluding carboxylic acids is 1. The first-order valence-corrected chi connectivity index (χ1v) is 5.63. The molecule has 0 saturated heterocycles. The Bertz CT molecular complexity index is 427. The zero-order valence-corrected chi connectivity index (χ0v) is 10.4. The van der Waals surface area contributed by atoms with Crippen molar-refractivity contribution in [3.63, 3.8) is 0 Å². The van der Waals surface area contributed by atoms with E-state index in [1.807, 2.05) is 0 Å². The molecule has 1 heterocycles. The number of rotatable bonds is 4. The third-order valence-electron chi connectivity index (χ3n) is 1.92. The number of esters is 1. The minimum atomic E-state index is -2.75. The molecule has 0 aliphatic rings. The summed E-state index contributed by atoms with van der Waals surface area (Å²) in [5.41, 5.74) is -0.652. The van der Waals surface area contributed by atoms with Gasteiger partial charge in [-0.2, -0.15) is 0 Å². The summed E-state index contributed by atoms with van der Waals surface area (Å²) < 4.78 is 29.9. The molecule has 0 amide bonds. The highest BCUT2D eigenvalue weighted by molar-refractivity contribution is 6.33. The molecule has 0 saturated carbocycles. The number of aromatic nitrogens is 1. The highest BCUT2D eigenvalue weighted by Crippen LogP contribution is 2.28. The summed E-state index contributed by atoms with van der Waals surface area (Å²) in [6, 6.07) is 0.989. The molecule has 3 nitrogen and oxygen atoms in total. The van der Waals surface area contributed by atoms with Crippen molar-refractivity contribution in [2.75, 3.05) is 6.61 Å². The summed E-state index contributed by atoms with van der Waals surface area (Å²) in [6.45, 7) is 1.76. The van der Waals surface area contributed by atoms with Crippen molar-refractivity contribution in [3.05, 3.63) is 28.0 Å². The molecule has 0 unspecified atom stereocenters. The predicted octanol–water partition coefficient (Wildman–Crippen LogP) is 3.59. The van der Waals surface area contributed by atoms with E-state index < -0.39 is 12.4 Å². The second-order valence-electron chi connectivity index (χ2n) is 3.01. The molecule has 0 fully saturated rings. The maximum atomic E-state index is 12.6. The zero-order chi connectivity index (χ0) is 13.0. The molecule has 0 bridgehead atoms. The minimum Gasteiger partial charge on any atom is -0.461 e. The molecule has 1 aromatic heterocycles. The van der Waals surface area contributed by atoms with Crippen LogP contribution in [-0.2, 0) is 10.6 Å². The highest BCUT2D eigenvalue weighted by atomic mass is 35.5. The van der Waals surface area contributed by atoms with E-state index in [9.17, 15) is 13.6 Å². The van der Waals surface area contributed by atoms with Crippen molar-refractivity contribution < 1.29 is 18.3 Å². The van der Waals surface area contributed by atoms with E-state index in [1.54, 1.807) is 6.92 Å². The quantitative estimate of drug-likeness (QED) is 0.626. The molecule has 1 rings (SSSR count). The normalized spacial score (nSPS) is 10.7. The summed E-state index contributed by atoms with van der Waals surface area (Å²) in [6.07, 6.45) is -2.75. The van der Waals surface area contributed by atoms with Gasteiger partial charge in [-0.3, -0.25) is 0 Å². The van der Waals surface area contributed by atoms with Crippen molar-refractivity contribution in [1.82, 2.24) is 4.98 Å². The van der Waals surface area contributed by atoms with Crippen LogP contribution in [0.25, 0.3) is 0 Å². The fourth-order valence-corrected chi connectivity index (χ4v) is 1.63. The Balaban J connectivity index is 3.22. The van der Waals surface area contributed by atoms with Crippen LogP contribution in [0.2, 0.25) is 5.02 Å². The average molecular weight is 284 g/mol. The first kappa shape index (κ1) is 14.1. The van der Waals surface area contributed by atoms with E-state index in [2.05, 4.69) is 4.98 Å². The average Bonchev–Trinajstić information content (AvgIpc) is 2.28. The van der Waals surface area contributed by atoms with Crippen molar-refractivity contribution in [3.8, 4) is 0 Å². The molecule has 7 heteroatoms. The lowest BCUT2D eigenvalue weighted by Gasteiger charge is -2.09. The number of nitrogens with zero attached hydrogens (tertiary/aromatic N) is 1. The van der Waals surface area contributed by atoms with Crippen LogP contribution in [0, 0.1) is 0 Å². The Morgan fingerprint density at radius 3 is 2.71 bits per heavy atom. The molecular formula is C10H9Cl2F2NO2. The van der Waals surface area contributed by atoms with Gasteiger partial charge in [-0.1, -0.05) is 11.6 Å². The second kappa shape index (κ2) is 6.12. The van der Waals surface area contributed by atoms with Gasteiger partial charge < -0.3 is 4.74 Å². The van der Waals surface area contributed by atoms with Gasteiger partial charge in [-0.15, -0.1) is 11.6 Å². The molecular weight excluding hydrogens is 275 g/mol. The number of hydrogen-bond donors (Lipinski definition) is 0. The standard InChI is InChI=1S/C10H9Cl2F2NO2/c1-2-17-10(16)8-6(12)3-5(9(13)14)7(4-11)15-8/h3,9H,2,4H2,1H3. The van der Waals surface area contributed by atoms with Gasteiger partial charge in [0.05, 0.1) is 23.2 Å². The maximum Gasteiger partial charge on any atom is 0.358 e. The number of alkyl halides is 3. The lowest BCUT2D eigenvalue weighted by molar-refractivity contribution is 0.0518. The monoisotopic (exact) mass is 283 g/mol. The van der Waals surface area contributed by atoms with Gasteiger partial charge in [0.25, 0.3) is 6.43 Å². The van der Waals surface area contributed by atoms with E-state index in [4.69, 9.17) is 27.9 Å². The van der Waals surface area contributed by atoms with Crippen molar-refractivity contribution in [2.45, 2.75) is 19.2 Å². The summed E-state index contributed by atoms with van der Waals surface area (Å²) in [5, 5.41) is -0.174. The maximum absolute atomic E-state index is 12.6. The van der Waals surface area contributed by atoms with Crippen LogP contribution in [-0.4, -0.2) is 17.6 Å². The van der Waals surface area contributed by atoms with Crippen LogP contribution in [0.3, 0.4) is 0 Å². The number of hydrogen-bond acceptors (Lipinski definition) is 3. The number of halogens is 4. The Morgan fingerprint density at radius 2 is 2.24 bits per heavy atom. The molecule has 17 heavy (non-hydrogen) atoms. The van der Waals surface area contributed by atoms with Gasteiger partial charge in [0.1, 0.15) is 0 Å². The fourth-order valence-electron chi connectivity index (χ4n) is 1.18. The highest BCUT2D eigenvalue weighted by Gasteiger charge is 2.21. The topological polar surface area (TPSA) is 39.2 Å². The Morgan fingerprint density at radius 1 is 1.59 bits per heavy atom. The lowest BCUT2D eigenvalue weighted by atomic mass is 10.2. The van der Waals surface area contributed by atoms with Crippen LogP contribution in [0.4, 0.5) is 8.78 Å². The number of pyridine rings is 1. The molecule has 0 atom stereocenters. The first-order chi connectivity index (χ1) is 8.01. The lowest BCUT2D eigenvalue weighted by Crippen LogP contribution is -2.11. The van der Waals surface area contributed by atoms with E-state index in [0.29, 0.717) is 0 Å². The third-order valence-corrected chi connectivity index (χ3v) is 2.46. The number of carbonyl (C=O) groups is 1. The van der Waals surface area contributed by atoms with Crippen LogP contribution in [0.15, 0.2) is 6.07 Å². The van der Waals surface area contributed by atoms with Crippen LogP contribution < -0.4 is 0 Å². The van der Waals surface area contributed by atoms with E-state index in [-0.39, 0.29) is 34.5 Å².